The maximum absolute atomic E-state index is 11.6. The van der Waals surface area contributed by atoms with Gasteiger partial charge in [-0.05, 0) is 31.4 Å². The van der Waals surface area contributed by atoms with Gasteiger partial charge in [0.25, 0.3) is 5.91 Å². The van der Waals surface area contributed by atoms with Crippen molar-refractivity contribution < 1.29 is 4.79 Å². The highest BCUT2D eigenvalue weighted by Crippen LogP contribution is 2.18. The minimum Gasteiger partial charge on any atom is -0.348 e. The van der Waals surface area contributed by atoms with E-state index in [1.807, 2.05) is 6.07 Å². The van der Waals surface area contributed by atoms with Gasteiger partial charge in [0.15, 0.2) is 0 Å². The fraction of sp³-hybridized carbons (Fsp3) is 0.364. The van der Waals surface area contributed by atoms with Crippen molar-refractivity contribution in [2.24, 2.45) is 0 Å². The van der Waals surface area contributed by atoms with E-state index < -0.39 is 0 Å². The molecule has 0 spiro atoms. The summed E-state index contributed by atoms with van der Waals surface area (Å²) in [5.41, 5.74) is 0.782. The number of carbonyl (C=O) groups is 1. The summed E-state index contributed by atoms with van der Waals surface area (Å²) in [5, 5.41) is 11.5. The van der Waals surface area contributed by atoms with Crippen LogP contribution >= 0.6 is 0 Å². The molecule has 1 amide bonds. The first-order valence-electron chi connectivity index (χ1n) is 4.96. The van der Waals surface area contributed by atoms with Crippen LogP contribution < -0.4 is 5.32 Å². The second-order valence-electron chi connectivity index (χ2n) is 3.64. The lowest BCUT2D eigenvalue weighted by Gasteiger charge is -2.26. The number of carbonyl (C=O) groups excluding carboxylic acids is 1. The first-order valence-corrected chi connectivity index (χ1v) is 4.96. The van der Waals surface area contributed by atoms with Crippen molar-refractivity contribution in [1.82, 2.24) is 10.3 Å². The lowest BCUT2D eigenvalue weighted by molar-refractivity contribution is 0.0912. The van der Waals surface area contributed by atoms with Crippen molar-refractivity contribution >= 4 is 5.91 Å². The molecule has 1 aromatic rings. The Hall–Kier alpha value is -1.89. The van der Waals surface area contributed by atoms with Crippen LogP contribution in [-0.4, -0.2) is 16.9 Å². The zero-order valence-corrected chi connectivity index (χ0v) is 8.23. The third kappa shape index (κ3) is 2.13. The van der Waals surface area contributed by atoms with Gasteiger partial charge >= 0.3 is 0 Å². The zero-order chi connectivity index (χ0) is 10.7. The highest BCUT2D eigenvalue weighted by Gasteiger charge is 2.20. The highest BCUT2D eigenvalue weighted by molar-refractivity contribution is 5.92. The molecule has 1 fully saturated rings. The molecule has 1 N–H and O–H groups in total. The first-order chi connectivity index (χ1) is 7.29. The SMILES string of the molecule is N#Cc1ccnc(C(=O)NC2CCC2)c1. The summed E-state index contributed by atoms with van der Waals surface area (Å²) in [6, 6.07) is 5.37. The number of rotatable bonds is 2. The summed E-state index contributed by atoms with van der Waals surface area (Å²) in [6.45, 7) is 0. The molecule has 0 aliphatic heterocycles. The van der Waals surface area contributed by atoms with E-state index in [0.717, 1.165) is 12.8 Å². The first kappa shape index (κ1) is 9.66. The fourth-order valence-electron chi connectivity index (χ4n) is 1.44. The smallest absolute Gasteiger partial charge is 0.270 e. The van der Waals surface area contributed by atoms with Crippen LogP contribution in [0.2, 0.25) is 0 Å². The standard InChI is InChI=1S/C11H11N3O/c12-7-8-4-5-13-10(6-8)11(15)14-9-2-1-3-9/h4-6,9H,1-3H2,(H,14,15). The molecule has 1 aliphatic rings. The third-order valence-corrected chi connectivity index (χ3v) is 2.56. The summed E-state index contributed by atoms with van der Waals surface area (Å²) in [4.78, 5) is 15.6. The molecule has 1 aromatic heterocycles. The van der Waals surface area contributed by atoms with Gasteiger partial charge in [-0.15, -0.1) is 0 Å². The predicted octanol–water partition coefficient (Wildman–Crippen LogP) is 1.24. The van der Waals surface area contributed by atoms with E-state index >= 15 is 0 Å². The molecule has 1 heterocycles. The average molecular weight is 201 g/mol. The van der Waals surface area contributed by atoms with Gasteiger partial charge < -0.3 is 5.32 Å². The van der Waals surface area contributed by atoms with Crippen LogP contribution in [0.15, 0.2) is 18.3 Å². The van der Waals surface area contributed by atoms with Gasteiger partial charge in [0.05, 0.1) is 11.6 Å². The van der Waals surface area contributed by atoms with Crippen LogP contribution in [0, 0.1) is 11.3 Å². The van der Waals surface area contributed by atoms with Crippen molar-refractivity contribution in [1.29, 1.82) is 5.26 Å². The molecule has 4 nitrogen and oxygen atoms in total. The molecule has 0 radical (unpaired) electrons. The number of nitrogens with one attached hydrogen (secondary N) is 1. The minimum absolute atomic E-state index is 0.184. The van der Waals surface area contributed by atoms with Gasteiger partial charge in [-0.2, -0.15) is 5.26 Å². The van der Waals surface area contributed by atoms with E-state index in [4.69, 9.17) is 5.26 Å². The van der Waals surface area contributed by atoms with E-state index in [9.17, 15) is 4.79 Å². The second-order valence-corrected chi connectivity index (χ2v) is 3.64. The minimum atomic E-state index is -0.184. The molecule has 0 atom stereocenters. The second kappa shape index (κ2) is 4.09. The van der Waals surface area contributed by atoms with Gasteiger partial charge in [-0.25, -0.2) is 0 Å². The van der Waals surface area contributed by atoms with Crippen LogP contribution in [-0.2, 0) is 0 Å². The molecule has 2 rings (SSSR count). The molecule has 0 bridgehead atoms. The summed E-state index contributed by atoms with van der Waals surface area (Å²) >= 11 is 0. The quantitative estimate of drug-likeness (QED) is 0.782. The maximum Gasteiger partial charge on any atom is 0.270 e. The van der Waals surface area contributed by atoms with E-state index in [1.165, 1.54) is 18.7 Å². The van der Waals surface area contributed by atoms with Crippen molar-refractivity contribution in [2.45, 2.75) is 25.3 Å². The Labute approximate surface area is 87.9 Å². The van der Waals surface area contributed by atoms with E-state index in [1.54, 1.807) is 6.07 Å². The Morgan fingerprint density at radius 1 is 1.60 bits per heavy atom. The largest absolute Gasteiger partial charge is 0.348 e. The number of amides is 1. The summed E-state index contributed by atoms with van der Waals surface area (Å²) in [7, 11) is 0. The normalized spacial score (nSPS) is 15.1. The maximum atomic E-state index is 11.6. The van der Waals surface area contributed by atoms with Crippen molar-refractivity contribution in [3.63, 3.8) is 0 Å². The van der Waals surface area contributed by atoms with Gasteiger partial charge in [-0.1, -0.05) is 0 Å². The third-order valence-electron chi connectivity index (χ3n) is 2.56. The molecule has 0 aromatic carbocycles. The number of pyridine rings is 1. The molecule has 0 unspecified atom stereocenters. The van der Waals surface area contributed by atoms with Crippen LogP contribution in [0.25, 0.3) is 0 Å². The topological polar surface area (TPSA) is 65.8 Å². The van der Waals surface area contributed by atoms with Gasteiger partial charge in [-0.3, -0.25) is 9.78 Å². The van der Waals surface area contributed by atoms with Crippen LogP contribution in [0.5, 0.6) is 0 Å². The summed E-state index contributed by atoms with van der Waals surface area (Å²) in [6.07, 6.45) is 4.75. The highest BCUT2D eigenvalue weighted by atomic mass is 16.1. The monoisotopic (exact) mass is 201 g/mol. The summed E-state index contributed by atoms with van der Waals surface area (Å²) in [5.74, 6) is -0.184. The van der Waals surface area contributed by atoms with Gasteiger partial charge in [0.2, 0.25) is 0 Å². The van der Waals surface area contributed by atoms with Crippen LogP contribution in [0.4, 0.5) is 0 Å². The molecule has 15 heavy (non-hydrogen) atoms. The van der Waals surface area contributed by atoms with Crippen LogP contribution in [0.1, 0.15) is 35.3 Å². The van der Waals surface area contributed by atoms with E-state index in [0.29, 0.717) is 17.3 Å². The Bertz CT molecular complexity index is 418. The number of nitriles is 1. The molecular formula is C11H11N3O. The van der Waals surface area contributed by atoms with Crippen molar-refractivity contribution in [3.05, 3.63) is 29.6 Å². The zero-order valence-electron chi connectivity index (χ0n) is 8.23. The Morgan fingerprint density at radius 3 is 3.00 bits per heavy atom. The predicted molar refractivity (Wildman–Crippen MR) is 54.1 cm³/mol. The molecule has 1 aliphatic carbocycles. The molecule has 1 saturated carbocycles. The van der Waals surface area contributed by atoms with Crippen molar-refractivity contribution in [3.8, 4) is 6.07 Å². The number of aromatic nitrogens is 1. The Morgan fingerprint density at radius 2 is 2.40 bits per heavy atom. The fourth-order valence-corrected chi connectivity index (χ4v) is 1.44. The van der Waals surface area contributed by atoms with Crippen molar-refractivity contribution in [2.75, 3.05) is 0 Å². The molecule has 4 heteroatoms. The lowest BCUT2D eigenvalue weighted by Crippen LogP contribution is -2.39. The number of hydrogen-bond acceptors (Lipinski definition) is 3. The van der Waals surface area contributed by atoms with E-state index in [-0.39, 0.29) is 5.91 Å². The van der Waals surface area contributed by atoms with Gasteiger partial charge in [0, 0.05) is 12.2 Å². The average Bonchev–Trinajstić information content (AvgIpc) is 2.23. The molecular weight excluding hydrogens is 190 g/mol. The van der Waals surface area contributed by atoms with Gasteiger partial charge in [0.1, 0.15) is 5.69 Å². The Balaban J connectivity index is 2.07. The summed E-state index contributed by atoms with van der Waals surface area (Å²) < 4.78 is 0. The molecule has 76 valence electrons. The Kier molecular flexibility index (Phi) is 2.64. The lowest BCUT2D eigenvalue weighted by atomic mass is 9.93. The number of nitrogens with zero attached hydrogens (tertiary/aromatic N) is 2. The number of hydrogen-bond donors (Lipinski definition) is 1. The van der Waals surface area contributed by atoms with E-state index in [2.05, 4.69) is 10.3 Å². The molecule has 0 saturated heterocycles. The van der Waals surface area contributed by atoms with Crippen LogP contribution in [0.3, 0.4) is 0 Å².